The molecule has 0 saturated carbocycles. The minimum absolute atomic E-state index is 0.0543. The first-order valence-corrected chi connectivity index (χ1v) is 10.6. The molecular formula is C13H31N2O6P2+. The van der Waals surface area contributed by atoms with Crippen molar-refractivity contribution < 1.29 is 27.8 Å². The second kappa shape index (κ2) is 10.2. The maximum Gasteiger partial charge on any atom is 0.695 e. The van der Waals surface area contributed by atoms with Crippen LogP contribution in [0.15, 0.2) is 0 Å². The summed E-state index contributed by atoms with van der Waals surface area (Å²) in [7, 11) is -6.71. The van der Waals surface area contributed by atoms with E-state index in [9.17, 15) is 9.13 Å². The van der Waals surface area contributed by atoms with Gasteiger partial charge in [0.15, 0.2) is 0 Å². The summed E-state index contributed by atoms with van der Waals surface area (Å²) in [5, 5.41) is 3.07. The largest absolute Gasteiger partial charge is 0.695 e. The topological polar surface area (TPSA) is 88.5 Å². The fraction of sp³-hybridized carbons (Fsp3) is 1.00. The Kier molecular flexibility index (Phi) is 10.2. The van der Waals surface area contributed by atoms with Gasteiger partial charge >= 0.3 is 15.9 Å². The summed E-state index contributed by atoms with van der Waals surface area (Å²) in [5.41, 5.74) is 0. The van der Waals surface area contributed by atoms with Gasteiger partial charge in [-0.05, 0) is 55.4 Å². The summed E-state index contributed by atoms with van der Waals surface area (Å²) in [6.45, 7) is 15.1. The quantitative estimate of drug-likeness (QED) is 0.431. The van der Waals surface area contributed by atoms with E-state index in [1.54, 1.807) is 0 Å². The molecule has 1 N–H and O–H groups in total. The van der Waals surface area contributed by atoms with E-state index >= 15 is 0 Å². The van der Waals surface area contributed by atoms with Gasteiger partial charge in [0.2, 0.25) is 6.35 Å². The third-order valence-electron chi connectivity index (χ3n) is 2.80. The van der Waals surface area contributed by atoms with E-state index < -0.39 is 22.2 Å². The van der Waals surface area contributed by atoms with Gasteiger partial charge in [0.25, 0.3) is 0 Å². The SMILES string of the molecule is CC(C)N(OP(=O)(CO[P+](=O)O)ON(C(C)C)C(C)C)C(C)C. The second-order valence-corrected chi connectivity index (χ2v) is 8.91. The number of hydrogen-bond acceptors (Lipinski definition) is 7. The number of hydrogen-bond donors (Lipinski definition) is 1. The number of nitrogens with zero attached hydrogens (tertiary/aromatic N) is 2. The summed E-state index contributed by atoms with van der Waals surface area (Å²) in [6, 6.07) is -0.217. The van der Waals surface area contributed by atoms with Crippen LogP contribution in [0.5, 0.6) is 0 Å². The molecule has 0 aliphatic rings. The third-order valence-corrected chi connectivity index (χ3v) is 4.67. The lowest BCUT2D eigenvalue weighted by Gasteiger charge is -2.36. The molecule has 0 aromatic carbocycles. The fourth-order valence-corrected chi connectivity index (χ4v) is 4.45. The van der Waals surface area contributed by atoms with Crippen LogP contribution in [0.4, 0.5) is 0 Å². The molecule has 0 spiro atoms. The van der Waals surface area contributed by atoms with E-state index in [-0.39, 0.29) is 24.2 Å². The average Bonchev–Trinajstić information content (AvgIpc) is 2.39. The number of rotatable bonds is 11. The highest BCUT2D eigenvalue weighted by atomic mass is 31.2. The minimum Gasteiger partial charge on any atom is -0.254 e. The Labute approximate surface area is 140 Å². The van der Waals surface area contributed by atoms with E-state index in [0.717, 1.165) is 0 Å². The van der Waals surface area contributed by atoms with Crippen LogP contribution >= 0.6 is 15.9 Å². The van der Waals surface area contributed by atoms with Crippen LogP contribution in [0, 0.1) is 0 Å². The first kappa shape index (κ1) is 23.1. The lowest BCUT2D eigenvalue weighted by Crippen LogP contribution is -2.40. The van der Waals surface area contributed by atoms with Crippen molar-refractivity contribution in [3.8, 4) is 0 Å². The van der Waals surface area contributed by atoms with Crippen LogP contribution in [0.1, 0.15) is 55.4 Å². The Bertz CT molecular complexity index is 375. The lowest BCUT2D eigenvalue weighted by atomic mass is 10.3. The van der Waals surface area contributed by atoms with Gasteiger partial charge in [-0.15, -0.1) is 9.42 Å². The molecule has 0 aliphatic carbocycles. The molecule has 0 aromatic rings. The van der Waals surface area contributed by atoms with Gasteiger partial charge in [-0.25, -0.2) is 9.25 Å². The molecule has 0 heterocycles. The summed E-state index contributed by atoms with van der Waals surface area (Å²) < 4.78 is 39.7. The first-order chi connectivity index (χ1) is 10.4. The first-order valence-electron chi connectivity index (χ1n) is 7.73. The Balaban J connectivity index is 5.37. The summed E-state index contributed by atoms with van der Waals surface area (Å²) in [4.78, 5) is 8.85. The molecule has 0 aliphatic heterocycles. The van der Waals surface area contributed by atoms with Gasteiger partial charge in [-0.1, -0.05) is 0 Å². The van der Waals surface area contributed by atoms with E-state index in [4.69, 9.17) is 14.1 Å². The van der Waals surface area contributed by atoms with Gasteiger partial charge in [0.05, 0.1) is 0 Å². The molecule has 1 unspecified atom stereocenters. The van der Waals surface area contributed by atoms with E-state index in [0.29, 0.717) is 0 Å². The lowest BCUT2D eigenvalue weighted by molar-refractivity contribution is -0.171. The maximum atomic E-state index is 13.1. The van der Waals surface area contributed by atoms with E-state index in [2.05, 4.69) is 4.52 Å². The summed E-state index contributed by atoms with van der Waals surface area (Å²) in [5.74, 6) is 0. The van der Waals surface area contributed by atoms with Crippen molar-refractivity contribution in [1.29, 1.82) is 0 Å². The highest BCUT2D eigenvalue weighted by molar-refractivity contribution is 7.53. The molecule has 138 valence electrons. The van der Waals surface area contributed by atoms with Crippen LogP contribution in [0.25, 0.3) is 0 Å². The van der Waals surface area contributed by atoms with Crippen molar-refractivity contribution in [2.75, 3.05) is 6.35 Å². The Morgan fingerprint density at radius 1 is 0.870 bits per heavy atom. The smallest absolute Gasteiger partial charge is 0.254 e. The van der Waals surface area contributed by atoms with Crippen LogP contribution in [-0.2, 0) is 22.9 Å². The molecule has 0 fully saturated rings. The highest BCUT2D eigenvalue weighted by Crippen LogP contribution is 2.52. The van der Waals surface area contributed by atoms with Crippen molar-refractivity contribution in [3.05, 3.63) is 0 Å². The molecule has 0 bridgehead atoms. The van der Waals surface area contributed by atoms with Crippen LogP contribution in [-0.4, -0.2) is 45.5 Å². The second-order valence-electron chi connectivity index (χ2n) is 6.37. The number of hydroxylamine groups is 4. The molecule has 0 saturated heterocycles. The molecule has 0 aromatic heterocycles. The van der Waals surface area contributed by atoms with Crippen molar-refractivity contribution in [2.24, 2.45) is 0 Å². The van der Waals surface area contributed by atoms with Gasteiger partial charge in [-0.3, -0.25) is 4.57 Å². The van der Waals surface area contributed by atoms with Crippen molar-refractivity contribution >= 4 is 15.9 Å². The van der Waals surface area contributed by atoms with Gasteiger partial charge < -0.3 is 0 Å². The van der Waals surface area contributed by atoms with Crippen LogP contribution in [0.2, 0.25) is 0 Å². The van der Waals surface area contributed by atoms with Gasteiger partial charge in [0.1, 0.15) is 0 Å². The van der Waals surface area contributed by atoms with E-state index in [1.165, 1.54) is 10.1 Å². The fourth-order valence-electron chi connectivity index (χ4n) is 2.04. The summed E-state index contributed by atoms with van der Waals surface area (Å²) in [6.07, 6.45) is -0.607. The minimum atomic E-state index is -3.82. The Hall–Kier alpha value is 0.0900. The van der Waals surface area contributed by atoms with E-state index in [1.807, 2.05) is 55.4 Å². The molecule has 1 atom stereocenters. The highest BCUT2D eigenvalue weighted by Gasteiger charge is 2.38. The zero-order valence-electron chi connectivity index (χ0n) is 15.3. The molecule has 0 radical (unpaired) electrons. The van der Waals surface area contributed by atoms with Crippen LogP contribution in [0.3, 0.4) is 0 Å². The molecule has 23 heavy (non-hydrogen) atoms. The predicted octanol–water partition coefficient (Wildman–Crippen LogP) is 3.90. The Morgan fingerprint density at radius 2 is 1.17 bits per heavy atom. The summed E-state index contributed by atoms with van der Waals surface area (Å²) >= 11 is 0. The van der Waals surface area contributed by atoms with Crippen LogP contribution < -0.4 is 0 Å². The standard InChI is InChI=1S/C13H30N2O6P2/c1-10(2)14(11(3)4)20-23(18,9-19-22(16)17)21-15(12(5)6)13(7)8/h10-13H,9H2,1-8H3/p+1. The maximum absolute atomic E-state index is 13.1. The molecule has 8 nitrogen and oxygen atoms in total. The van der Waals surface area contributed by atoms with Crippen molar-refractivity contribution in [2.45, 2.75) is 79.6 Å². The molecule has 0 rings (SSSR count). The predicted molar refractivity (Wildman–Crippen MR) is 89.8 cm³/mol. The van der Waals surface area contributed by atoms with Gasteiger partial charge in [-0.2, -0.15) is 10.1 Å². The average molecular weight is 373 g/mol. The van der Waals surface area contributed by atoms with Crippen molar-refractivity contribution in [1.82, 2.24) is 10.1 Å². The zero-order chi connectivity index (χ0) is 18.4. The molecule has 0 amide bonds. The monoisotopic (exact) mass is 373 g/mol. The van der Waals surface area contributed by atoms with Gasteiger partial charge in [0, 0.05) is 28.7 Å². The molecule has 10 heteroatoms. The zero-order valence-corrected chi connectivity index (χ0v) is 17.1. The third kappa shape index (κ3) is 8.66. The molecular weight excluding hydrogens is 342 g/mol. The van der Waals surface area contributed by atoms with Crippen molar-refractivity contribution in [3.63, 3.8) is 0 Å². The Morgan fingerprint density at radius 3 is 1.39 bits per heavy atom. The normalized spacial score (nSPS) is 14.1.